The minimum Gasteiger partial charge on any atom is -0.460 e. The van der Waals surface area contributed by atoms with Crippen LogP contribution in [0.5, 0.6) is 5.88 Å². The van der Waals surface area contributed by atoms with Crippen LogP contribution in [0.3, 0.4) is 0 Å². The van der Waals surface area contributed by atoms with Gasteiger partial charge in [-0.15, -0.1) is 0 Å². The maximum Gasteiger partial charge on any atom is 0.201 e. The van der Waals surface area contributed by atoms with Crippen molar-refractivity contribution in [2.45, 2.75) is 19.6 Å². The van der Waals surface area contributed by atoms with Gasteiger partial charge < -0.3 is 4.74 Å². The number of pyridine rings is 1. The van der Waals surface area contributed by atoms with Crippen molar-refractivity contribution in [1.29, 1.82) is 0 Å². The Kier molecular flexibility index (Phi) is 2.37. The van der Waals surface area contributed by atoms with Crippen molar-refractivity contribution in [2.24, 2.45) is 5.73 Å². The third-order valence-corrected chi connectivity index (χ3v) is 2.07. The first-order chi connectivity index (χ1) is 6.81. The lowest BCUT2D eigenvalue weighted by Crippen LogP contribution is -2.26. The molecular weight excluding hydrogens is 178 g/mol. The van der Waals surface area contributed by atoms with Crippen LogP contribution in [0, 0.1) is 0 Å². The number of rotatable bonds is 3. The number of fused-ring (bicyclic) bond motifs is 1. The van der Waals surface area contributed by atoms with E-state index in [1.54, 1.807) is 6.20 Å². The average molecular weight is 191 g/mol. The highest BCUT2D eigenvalue weighted by Crippen LogP contribution is 2.14. The van der Waals surface area contributed by atoms with Crippen LogP contribution in [0.25, 0.3) is 5.65 Å². The van der Waals surface area contributed by atoms with Crippen LogP contribution in [-0.4, -0.2) is 15.6 Å². The predicted octanol–water partition coefficient (Wildman–Crippen LogP) is 1.41. The Bertz CT molecular complexity index is 424. The Labute approximate surface area is 82.3 Å². The van der Waals surface area contributed by atoms with E-state index in [4.69, 9.17) is 10.5 Å². The van der Waals surface area contributed by atoms with Crippen molar-refractivity contribution in [1.82, 2.24) is 9.38 Å². The molecule has 74 valence electrons. The number of ether oxygens (including phenoxy) is 1. The van der Waals surface area contributed by atoms with E-state index < -0.39 is 0 Å². The Morgan fingerprint density at radius 1 is 1.57 bits per heavy atom. The van der Waals surface area contributed by atoms with Gasteiger partial charge in [-0.1, -0.05) is 13.0 Å². The zero-order chi connectivity index (χ0) is 9.97. The van der Waals surface area contributed by atoms with Gasteiger partial charge in [0, 0.05) is 12.4 Å². The summed E-state index contributed by atoms with van der Waals surface area (Å²) in [6.07, 6.45) is 4.11. The van der Waals surface area contributed by atoms with E-state index in [2.05, 4.69) is 4.98 Å². The second-order valence-corrected chi connectivity index (χ2v) is 3.08. The summed E-state index contributed by atoms with van der Waals surface area (Å²) in [6.45, 7) is 1.98. The Morgan fingerprint density at radius 3 is 3.21 bits per heavy atom. The van der Waals surface area contributed by atoms with Gasteiger partial charge >= 0.3 is 0 Å². The molecule has 0 radical (unpaired) electrons. The molecule has 2 rings (SSSR count). The standard InChI is InChI=1S/C10H13N3O/c1-2-8(11)14-10-5-3-4-9-12-6-7-13(9)10/h3-8H,2,11H2,1H3/t8-/m1/s1. The number of hydrogen-bond acceptors (Lipinski definition) is 3. The maximum absolute atomic E-state index is 5.71. The van der Waals surface area contributed by atoms with Gasteiger partial charge in [0.1, 0.15) is 11.9 Å². The summed E-state index contributed by atoms with van der Waals surface area (Å²) in [7, 11) is 0. The molecule has 0 bridgehead atoms. The molecule has 2 heterocycles. The van der Waals surface area contributed by atoms with Crippen LogP contribution >= 0.6 is 0 Å². The Hall–Kier alpha value is -1.55. The molecule has 4 heteroatoms. The van der Waals surface area contributed by atoms with Crippen LogP contribution in [0.4, 0.5) is 0 Å². The van der Waals surface area contributed by atoms with E-state index in [9.17, 15) is 0 Å². The average Bonchev–Trinajstić information content (AvgIpc) is 2.66. The SMILES string of the molecule is CC[C@H](N)Oc1cccc2nccn12. The molecular formula is C10H13N3O. The second-order valence-electron chi connectivity index (χ2n) is 3.08. The molecule has 0 saturated heterocycles. The number of hydrogen-bond donors (Lipinski definition) is 1. The maximum atomic E-state index is 5.71. The topological polar surface area (TPSA) is 52.5 Å². The van der Waals surface area contributed by atoms with Gasteiger partial charge in [0.2, 0.25) is 5.88 Å². The van der Waals surface area contributed by atoms with Gasteiger partial charge in [-0.25, -0.2) is 4.98 Å². The summed E-state index contributed by atoms with van der Waals surface area (Å²) in [6, 6.07) is 5.70. The lowest BCUT2D eigenvalue weighted by atomic mass is 10.4. The molecule has 0 aliphatic rings. The minimum absolute atomic E-state index is 0.261. The van der Waals surface area contributed by atoms with Crippen molar-refractivity contribution >= 4 is 5.65 Å². The molecule has 0 aliphatic heterocycles. The monoisotopic (exact) mass is 191 g/mol. The highest BCUT2D eigenvalue weighted by molar-refractivity contribution is 5.41. The fourth-order valence-corrected chi connectivity index (χ4v) is 1.26. The summed E-state index contributed by atoms with van der Waals surface area (Å²) >= 11 is 0. The van der Waals surface area contributed by atoms with Gasteiger partial charge in [0.05, 0.1) is 0 Å². The third-order valence-electron chi connectivity index (χ3n) is 2.07. The smallest absolute Gasteiger partial charge is 0.201 e. The molecule has 0 unspecified atom stereocenters. The van der Waals surface area contributed by atoms with Crippen LogP contribution in [-0.2, 0) is 0 Å². The summed E-state index contributed by atoms with van der Waals surface area (Å²) in [5.74, 6) is 0.731. The van der Waals surface area contributed by atoms with Crippen LogP contribution in [0.2, 0.25) is 0 Å². The number of nitrogens with zero attached hydrogens (tertiary/aromatic N) is 2. The van der Waals surface area contributed by atoms with Gasteiger partial charge in [0.15, 0.2) is 0 Å². The molecule has 1 atom stereocenters. The van der Waals surface area contributed by atoms with Crippen molar-refractivity contribution in [3.63, 3.8) is 0 Å². The molecule has 0 aromatic carbocycles. The molecule has 0 saturated carbocycles. The van der Waals surface area contributed by atoms with Crippen molar-refractivity contribution in [3.8, 4) is 5.88 Å². The molecule has 0 spiro atoms. The van der Waals surface area contributed by atoms with Crippen LogP contribution in [0.15, 0.2) is 30.6 Å². The van der Waals surface area contributed by atoms with E-state index >= 15 is 0 Å². The van der Waals surface area contributed by atoms with Crippen molar-refractivity contribution in [2.75, 3.05) is 0 Å². The number of imidazole rings is 1. The summed E-state index contributed by atoms with van der Waals surface area (Å²) < 4.78 is 7.41. The van der Waals surface area contributed by atoms with Gasteiger partial charge in [-0.05, 0) is 18.6 Å². The second kappa shape index (κ2) is 3.67. The van der Waals surface area contributed by atoms with Crippen LogP contribution in [0.1, 0.15) is 13.3 Å². The zero-order valence-corrected chi connectivity index (χ0v) is 8.05. The molecule has 2 aromatic heterocycles. The summed E-state index contributed by atoms with van der Waals surface area (Å²) in [5.41, 5.74) is 6.58. The van der Waals surface area contributed by atoms with Gasteiger partial charge in [-0.3, -0.25) is 10.1 Å². The lowest BCUT2D eigenvalue weighted by Gasteiger charge is -2.13. The molecule has 0 aliphatic carbocycles. The number of aromatic nitrogens is 2. The van der Waals surface area contributed by atoms with Gasteiger partial charge in [-0.2, -0.15) is 0 Å². The first-order valence-electron chi connectivity index (χ1n) is 4.65. The van der Waals surface area contributed by atoms with E-state index in [1.165, 1.54) is 0 Å². The van der Waals surface area contributed by atoms with Gasteiger partial charge in [0.25, 0.3) is 0 Å². The first kappa shape index (κ1) is 9.02. The fourth-order valence-electron chi connectivity index (χ4n) is 1.26. The Balaban J connectivity index is 2.36. The van der Waals surface area contributed by atoms with Crippen LogP contribution < -0.4 is 10.5 Å². The van der Waals surface area contributed by atoms with E-state index in [1.807, 2.05) is 35.7 Å². The quantitative estimate of drug-likeness (QED) is 0.746. The number of nitrogens with two attached hydrogens (primary N) is 1. The zero-order valence-electron chi connectivity index (χ0n) is 8.05. The van der Waals surface area contributed by atoms with E-state index in [0.29, 0.717) is 0 Å². The van der Waals surface area contributed by atoms with Crippen molar-refractivity contribution in [3.05, 3.63) is 30.6 Å². The molecule has 4 nitrogen and oxygen atoms in total. The highest BCUT2D eigenvalue weighted by atomic mass is 16.5. The summed E-state index contributed by atoms with van der Waals surface area (Å²) in [4.78, 5) is 4.15. The largest absolute Gasteiger partial charge is 0.460 e. The normalized spacial score (nSPS) is 13.0. The van der Waals surface area contributed by atoms with E-state index in [0.717, 1.165) is 17.9 Å². The molecule has 14 heavy (non-hydrogen) atoms. The highest BCUT2D eigenvalue weighted by Gasteiger charge is 2.04. The molecule has 2 aromatic rings. The molecule has 0 fully saturated rings. The first-order valence-corrected chi connectivity index (χ1v) is 4.65. The molecule has 0 amide bonds. The third kappa shape index (κ3) is 1.56. The van der Waals surface area contributed by atoms with Crippen molar-refractivity contribution < 1.29 is 4.74 Å². The molecule has 2 N–H and O–H groups in total. The lowest BCUT2D eigenvalue weighted by molar-refractivity contribution is 0.194. The Morgan fingerprint density at radius 2 is 2.43 bits per heavy atom. The predicted molar refractivity (Wildman–Crippen MR) is 54.1 cm³/mol. The van der Waals surface area contributed by atoms with E-state index in [-0.39, 0.29) is 6.23 Å². The summed E-state index contributed by atoms with van der Waals surface area (Å²) in [5, 5.41) is 0. The minimum atomic E-state index is -0.261. The fraction of sp³-hybridized carbons (Fsp3) is 0.300.